The monoisotopic (exact) mass is 393 g/mol. The lowest BCUT2D eigenvalue weighted by Gasteiger charge is -2.36. The van der Waals surface area contributed by atoms with Crippen molar-refractivity contribution >= 4 is 17.2 Å². The van der Waals surface area contributed by atoms with Gasteiger partial charge in [-0.2, -0.15) is 5.10 Å². The number of nitrogens with zero attached hydrogens (tertiary/aromatic N) is 5. The van der Waals surface area contributed by atoms with E-state index in [4.69, 9.17) is 0 Å². The Kier molecular flexibility index (Phi) is 5.13. The van der Waals surface area contributed by atoms with E-state index in [2.05, 4.69) is 15.0 Å². The molecule has 7 heteroatoms. The maximum absolute atomic E-state index is 12.8. The second kappa shape index (κ2) is 7.73. The Morgan fingerprint density at radius 2 is 1.83 bits per heavy atom. The number of aromatic hydroxyl groups is 1. The third-order valence-corrected chi connectivity index (χ3v) is 5.73. The molecule has 29 heavy (non-hydrogen) atoms. The maximum Gasteiger partial charge on any atom is 0.223 e. The van der Waals surface area contributed by atoms with Gasteiger partial charge in [-0.3, -0.25) is 4.79 Å². The van der Waals surface area contributed by atoms with Crippen molar-refractivity contribution in [2.75, 3.05) is 31.1 Å². The van der Waals surface area contributed by atoms with Gasteiger partial charge in [0.15, 0.2) is 5.65 Å². The SMILES string of the molecule is Cc1cc2nc(C)c(CCC(=O)N3CCN(c4ccccc4O)CC3)c(C)n2n1. The highest BCUT2D eigenvalue weighted by molar-refractivity contribution is 5.77. The Balaban J connectivity index is 1.39. The third kappa shape index (κ3) is 3.77. The predicted octanol–water partition coefficient (Wildman–Crippen LogP) is 2.64. The lowest BCUT2D eigenvalue weighted by molar-refractivity contribution is -0.131. The number of carbonyl (C=O) groups excluding carboxylic acids is 1. The van der Waals surface area contributed by atoms with Crippen LogP contribution in [0.5, 0.6) is 5.75 Å². The number of rotatable bonds is 4. The summed E-state index contributed by atoms with van der Waals surface area (Å²) >= 11 is 0. The number of anilines is 1. The number of hydrogen-bond acceptors (Lipinski definition) is 5. The molecule has 152 valence electrons. The summed E-state index contributed by atoms with van der Waals surface area (Å²) in [6.07, 6.45) is 1.13. The molecule has 0 aliphatic carbocycles. The number of phenolic OH excluding ortho intramolecular Hbond substituents is 1. The number of para-hydroxylation sites is 2. The van der Waals surface area contributed by atoms with Crippen molar-refractivity contribution < 1.29 is 9.90 Å². The third-order valence-electron chi connectivity index (χ3n) is 5.73. The normalized spacial score (nSPS) is 14.6. The Morgan fingerprint density at radius 1 is 1.10 bits per heavy atom. The lowest BCUT2D eigenvalue weighted by Crippen LogP contribution is -2.48. The largest absolute Gasteiger partial charge is 0.506 e. The number of benzene rings is 1. The van der Waals surface area contributed by atoms with E-state index >= 15 is 0 Å². The van der Waals surface area contributed by atoms with Gasteiger partial charge in [-0.25, -0.2) is 9.50 Å². The van der Waals surface area contributed by atoms with E-state index in [0.717, 1.165) is 47.1 Å². The molecular formula is C22H27N5O2. The molecule has 1 fully saturated rings. The minimum Gasteiger partial charge on any atom is -0.506 e. The molecule has 0 atom stereocenters. The number of piperazine rings is 1. The van der Waals surface area contributed by atoms with Gasteiger partial charge < -0.3 is 14.9 Å². The van der Waals surface area contributed by atoms with Crippen molar-refractivity contribution in [1.29, 1.82) is 0 Å². The van der Waals surface area contributed by atoms with E-state index in [1.807, 2.05) is 54.5 Å². The molecular weight excluding hydrogens is 366 g/mol. The van der Waals surface area contributed by atoms with E-state index < -0.39 is 0 Å². The first kappa shape index (κ1) is 19.2. The summed E-state index contributed by atoms with van der Waals surface area (Å²) < 4.78 is 1.87. The molecule has 3 heterocycles. The number of hydrogen-bond donors (Lipinski definition) is 1. The van der Waals surface area contributed by atoms with Gasteiger partial charge in [0.05, 0.1) is 11.4 Å². The zero-order chi connectivity index (χ0) is 20.5. The maximum atomic E-state index is 12.8. The quantitative estimate of drug-likeness (QED) is 0.738. The predicted molar refractivity (Wildman–Crippen MR) is 112 cm³/mol. The van der Waals surface area contributed by atoms with Crippen molar-refractivity contribution in [2.45, 2.75) is 33.6 Å². The fourth-order valence-electron chi connectivity index (χ4n) is 4.12. The van der Waals surface area contributed by atoms with Gasteiger partial charge in [-0.1, -0.05) is 12.1 Å². The summed E-state index contributed by atoms with van der Waals surface area (Å²) in [6, 6.07) is 9.32. The van der Waals surface area contributed by atoms with Crippen LogP contribution < -0.4 is 4.90 Å². The van der Waals surface area contributed by atoms with Gasteiger partial charge in [-0.05, 0) is 44.9 Å². The number of aryl methyl sites for hydroxylation is 3. The summed E-state index contributed by atoms with van der Waals surface area (Å²) in [6.45, 7) is 8.78. The van der Waals surface area contributed by atoms with Crippen LogP contribution in [0.25, 0.3) is 5.65 Å². The molecule has 1 saturated heterocycles. The Bertz CT molecular complexity index is 1050. The van der Waals surface area contributed by atoms with Crippen molar-refractivity contribution in [2.24, 2.45) is 0 Å². The molecule has 0 saturated carbocycles. The highest BCUT2D eigenvalue weighted by Gasteiger charge is 2.23. The lowest BCUT2D eigenvalue weighted by atomic mass is 10.1. The van der Waals surface area contributed by atoms with Crippen molar-refractivity contribution in [1.82, 2.24) is 19.5 Å². The molecule has 0 bridgehead atoms. The van der Waals surface area contributed by atoms with Crippen LogP contribution in [0.1, 0.15) is 29.1 Å². The molecule has 1 aliphatic rings. The van der Waals surface area contributed by atoms with E-state index in [-0.39, 0.29) is 11.7 Å². The standard InChI is InChI=1S/C22H27N5O2/c1-15-14-21-23-16(2)18(17(3)27(21)24-15)8-9-22(29)26-12-10-25(11-13-26)19-6-4-5-7-20(19)28/h4-7,14,28H,8-13H2,1-3H3. The van der Waals surface area contributed by atoms with Crippen LogP contribution >= 0.6 is 0 Å². The van der Waals surface area contributed by atoms with Crippen molar-refractivity contribution in [3.8, 4) is 5.75 Å². The highest BCUT2D eigenvalue weighted by Crippen LogP contribution is 2.27. The summed E-state index contributed by atoms with van der Waals surface area (Å²) in [5, 5.41) is 14.6. The van der Waals surface area contributed by atoms with Gasteiger partial charge in [-0.15, -0.1) is 0 Å². The number of amides is 1. The molecule has 1 N–H and O–H groups in total. The smallest absolute Gasteiger partial charge is 0.223 e. The fraction of sp³-hybridized carbons (Fsp3) is 0.409. The molecule has 0 radical (unpaired) electrons. The fourth-order valence-corrected chi connectivity index (χ4v) is 4.12. The van der Waals surface area contributed by atoms with E-state index in [0.29, 0.717) is 25.9 Å². The summed E-state index contributed by atoms with van der Waals surface area (Å²) in [4.78, 5) is 21.5. The Morgan fingerprint density at radius 3 is 2.55 bits per heavy atom. The minimum absolute atomic E-state index is 0.164. The first-order chi connectivity index (χ1) is 13.9. The molecule has 0 unspecified atom stereocenters. The minimum atomic E-state index is 0.164. The highest BCUT2D eigenvalue weighted by atomic mass is 16.3. The Hall–Kier alpha value is -3.09. The van der Waals surface area contributed by atoms with Crippen LogP contribution in [-0.4, -0.2) is 56.7 Å². The molecule has 1 aliphatic heterocycles. The van der Waals surface area contributed by atoms with Gasteiger partial charge in [0.1, 0.15) is 5.75 Å². The molecule has 3 aromatic rings. The number of carbonyl (C=O) groups is 1. The molecule has 0 spiro atoms. The zero-order valence-corrected chi connectivity index (χ0v) is 17.2. The van der Waals surface area contributed by atoms with Crippen molar-refractivity contribution in [3.63, 3.8) is 0 Å². The Labute approximate surface area is 170 Å². The number of fused-ring (bicyclic) bond motifs is 1. The van der Waals surface area contributed by atoms with Crippen LogP contribution in [0, 0.1) is 20.8 Å². The molecule has 7 nitrogen and oxygen atoms in total. The number of phenols is 1. The van der Waals surface area contributed by atoms with Gasteiger partial charge in [0, 0.05) is 50.1 Å². The van der Waals surface area contributed by atoms with Crippen LogP contribution in [0.4, 0.5) is 5.69 Å². The second-order valence-electron chi connectivity index (χ2n) is 7.67. The van der Waals surface area contributed by atoms with Gasteiger partial charge >= 0.3 is 0 Å². The van der Waals surface area contributed by atoms with Crippen LogP contribution in [0.15, 0.2) is 30.3 Å². The summed E-state index contributed by atoms with van der Waals surface area (Å²) in [7, 11) is 0. The first-order valence-electron chi connectivity index (χ1n) is 10.1. The second-order valence-corrected chi connectivity index (χ2v) is 7.67. The van der Waals surface area contributed by atoms with Crippen LogP contribution in [0.2, 0.25) is 0 Å². The van der Waals surface area contributed by atoms with Gasteiger partial charge in [0.2, 0.25) is 5.91 Å². The molecule has 2 aromatic heterocycles. The first-order valence-corrected chi connectivity index (χ1v) is 10.1. The van der Waals surface area contributed by atoms with Gasteiger partial charge in [0.25, 0.3) is 0 Å². The van der Waals surface area contributed by atoms with E-state index in [1.54, 1.807) is 6.07 Å². The summed E-state index contributed by atoms with van der Waals surface area (Å²) in [5.41, 5.74) is 5.75. The summed E-state index contributed by atoms with van der Waals surface area (Å²) in [5.74, 6) is 0.451. The van der Waals surface area contributed by atoms with Crippen LogP contribution in [0.3, 0.4) is 0 Å². The van der Waals surface area contributed by atoms with E-state index in [9.17, 15) is 9.90 Å². The molecule has 1 amide bonds. The molecule has 1 aromatic carbocycles. The molecule has 4 rings (SSSR count). The topological polar surface area (TPSA) is 74.0 Å². The average molecular weight is 393 g/mol. The zero-order valence-electron chi connectivity index (χ0n) is 17.2. The van der Waals surface area contributed by atoms with Crippen LogP contribution in [-0.2, 0) is 11.2 Å². The number of aromatic nitrogens is 3. The average Bonchev–Trinajstić information content (AvgIpc) is 3.08. The van der Waals surface area contributed by atoms with Crippen molar-refractivity contribution in [3.05, 3.63) is 53.0 Å². The van der Waals surface area contributed by atoms with E-state index in [1.165, 1.54) is 0 Å².